The molecule has 5 rings (SSSR count). The van der Waals surface area contributed by atoms with Crippen molar-refractivity contribution in [3.8, 4) is 0 Å². The second-order valence-corrected chi connectivity index (χ2v) is 9.55. The molecule has 2 heterocycles. The Morgan fingerprint density at radius 3 is 2.16 bits per heavy atom. The van der Waals surface area contributed by atoms with Gasteiger partial charge in [-0.1, -0.05) is 18.1 Å². The van der Waals surface area contributed by atoms with Gasteiger partial charge in [-0.05, 0) is 55.3 Å². The van der Waals surface area contributed by atoms with E-state index in [1.807, 2.05) is 0 Å². The van der Waals surface area contributed by atoms with Crippen LogP contribution in [0.15, 0.2) is 0 Å². The maximum atomic E-state index is 11.9. The summed E-state index contributed by atoms with van der Waals surface area (Å²) >= 11 is -0.497. The van der Waals surface area contributed by atoms with Gasteiger partial charge in [-0.25, -0.2) is 0 Å². The fourth-order valence-electron chi connectivity index (χ4n) is 6.90. The van der Waals surface area contributed by atoms with Gasteiger partial charge in [0.2, 0.25) is 0 Å². The summed E-state index contributed by atoms with van der Waals surface area (Å²) in [6.07, 6.45) is 3.95. The highest BCUT2D eigenvalue weighted by molar-refractivity contribution is 7.91. The Morgan fingerprint density at radius 2 is 1.53 bits per heavy atom. The summed E-state index contributed by atoms with van der Waals surface area (Å²) < 4.78 is 17.8. The molecule has 0 spiro atoms. The van der Waals surface area contributed by atoms with E-state index in [-0.39, 0.29) is 0 Å². The zero-order chi connectivity index (χ0) is 12.9. The molecule has 0 aromatic rings. The van der Waals surface area contributed by atoms with Crippen LogP contribution in [0, 0.1) is 47.3 Å². The lowest BCUT2D eigenvalue weighted by atomic mass is 9.67. The summed E-state index contributed by atoms with van der Waals surface area (Å²) in [5.74, 6) is 9.10. The average molecular weight is 280 g/mol. The van der Waals surface area contributed by atoms with Crippen LogP contribution in [0.1, 0.15) is 26.7 Å². The van der Waals surface area contributed by atoms with E-state index in [9.17, 15) is 4.55 Å². The lowest BCUT2D eigenvalue weighted by molar-refractivity contribution is 0.101. The molecule has 2 aliphatic heterocycles. The minimum atomic E-state index is -0.497. The van der Waals surface area contributed by atoms with Crippen LogP contribution in [0.5, 0.6) is 0 Å². The molecule has 3 heteroatoms. The quantitative estimate of drug-likeness (QED) is 0.546. The third-order valence-electron chi connectivity index (χ3n) is 7.36. The van der Waals surface area contributed by atoms with E-state index >= 15 is 0 Å². The first kappa shape index (κ1) is 11.9. The minimum absolute atomic E-state index is 0.497. The van der Waals surface area contributed by atoms with Crippen molar-refractivity contribution in [2.24, 2.45) is 47.3 Å². The fraction of sp³-hybridized carbons (Fsp3) is 1.00. The molecule has 2 bridgehead atoms. The van der Waals surface area contributed by atoms with Crippen LogP contribution in [-0.2, 0) is 15.9 Å². The molecule has 0 aromatic carbocycles. The maximum Gasteiger partial charge on any atom is 0.109 e. The van der Waals surface area contributed by atoms with Crippen LogP contribution >= 0.6 is 0 Å². The lowest BCUT2D eigenvalue weighted by Crippen LogP contribution is -2.36. The van der Waals surface area contributed by atoms with Crippen LogP contribution in [0.2, 0.25) is 0 Å². The second kappa shape index (κ2) is 3.72. The van der Waals surface area contributed by atoms with Crippen molar-refractivity contribution in [2.75, 3.05) is 11.5 Å². The van der Waals surface area contributed by atoms with Gasteiger partial charge in [0.15, 0.2) is 0 Å². The monoisotopic (exact) mass is 280 g/mol. The lowest BCUT2D eigenvalue weighted by Gasteiger charge is -2.35. The van der Waals surface area contributed by atoms with Crippen molar-refractivity contribution in [2.45, 2.75) is 38.9 Å². The SMILES string of the molecule is CC1CC(C2OC2C)C2C3CC(C4C[S+]([O-])CC43)C12. The molecular formula is C16H24O2S. The fourth-order valence-corrected chi connectivity index (χ4v) is 8.88. The number of hydrogen-bond donors (Lipinski definition) is 0. The van der Waals surface area contributed by atoms with Crippen molar-refractivity contribution in [1.82, 2.24) is 0 Å². The summed E-state index contributed by atoms with van der Waals surface area (Å²) in [7, 11) is 0. The summed E-state index contributed by atoms with van der Waals surface area (Å²) in [4.78, 5) is 0. The van der Waals surface area contributed by atoms with E-state index in [4.69, 9.17) is 4.74 Å². The molecule has 11 atom stereocenters. The molecule has 0 N–H and O–H groups in total. The molecule has 0 radical (unpaired) electrons. The molecular weight excluding hydrogens is 256 g/mol. The van der Waals surface area contributed by atoms with Crippen molar-refractivity contribution < 1.29 is 9.29 Å². The Morgan fingerprint density at radius 1 is 0.895 bits per heavy atom. The molecule has 3 aliphatic carbocycles. The number of rotatable bonds is 1. The van der Waals surface area contributed by atoms with Crippen LogP contribution in [-0.4, -0.2) is 28.3 Å². The van der Waals surface area contributed by atoms with E-state index in [2.05, 4.69) is 13.8 Å². The van der Waals surface area contributed by atoms with Gasteiger partial charge in [0.1, 0.15) is 11.5 Å². The average Bonchev–Trinajstić information content (AvgIpc) is 2.75. The van der Waals surface area contributed by atoms with Crippen LogP contribution < -0.4 is 0 Å². The van der Waals surface area contributed by atoms with E-state index in [0.29, 0.717) is 12.2 Å². The van der Waals surface area contributed by atoms with Gasteiger partial charge < -0.3 is 9.29 Å². The number of fused-ring (bicyclic) bond motifs is 8. The first-order valence-electron chi connectivity index (χ1n) is 8.15. The molecule has 2 saturated heterocycles. The van der Waals surface area contributed by atoms with Gasteiger partial charge >= 0.3 is 0 Å². The molecule has 5 fully saturated rings. The van der Waals surface area contributed by atoms with Gasteiger partial charge in [-0.2, -0.15) is 0 Å². The maximum absolute atomic E-state index is 11.9. The molecule has 11 unspecified atom stereocenters. The first-order valence-corrected chi connectivity index (χ1v) is 9.64. The molecule has 2 nitrogen and oxygen atoms in total. The van der Waals surface area contributed by atoms with Crippen molar-refractivity contribution >= 4 is 11.2 Å². The van der Waals surface area contributed by atoms with Gasteiger partial charge in [-0.3, -0.25) is 0 Å². The van der Waals surface area contributed by atoms with Crippen LogP contribution in [0.4, 0.5) is 0 Å². The van der Waals surface area contributed by atoms with Crippen LogP contribution in [0.25, 0.3) is 0 Å². The van der Waals surface area contributed by atoms with Crippen LogP contribution in [0.3, 0.4) is 0 Å². The zero-order valence-corrected chi connectivity index (χ0v) is 12.6. The smallest absolute Gasteiger partial charge is 0.109 e. The molecule has 0 aromatic heterocycles. The topological polar surface area (TPSA) is 35.6 Å². The third-order valence-corrected chi connectivity index (χ3v) is 8.87. The summed E-state index contributed by atoms with van der Waals surface area (Å²) in [5.41, 5.74) is 0. The molecule has 5 aliphatic rings. The Labute approximate surface area is 118 Å². The second-order valence-electron chi connectivity index (χ2n) is 8.00. The van der Waals surface area contributed by atoms with Gasteiger partial charge in [0.25, 0.3) is 0 Å². The van der Waals surface area contributed by atoms with Crippen molar-refractivity contribution in [3.05, 3.63) is 0 Å². The summed E-state index contributed by atoms with van der Waals surface area (Å²) in [5, 5.41) is 0. The van der Waals surface area contributed by atoms with Crippen molar-refractivity contribution in [3.63, 3.8) is 0 Å². The predicted molar refractivity (Wildman–Crippen MR) is 75.0 cm³/mol. The van der Waals surface area contributed by atoms with Gasteiger partial charge in [-0.15, -0.1) is 0 Å². The first-order chi connectivity index (χ1) is 9.15. The molecule has 3 saturated carbocycles. The molecule has 0 amide bonds. The normalized spacial score (nSPS) is 69.3. The molecule has 106 valence electrons. The standard InChI is InChI=1S/C16H24O2S/c1-7-3-11(16-8(2)18-16)15-10-4-9(14(7)15)12-5-19(17)6-13(10)12/h7-16H,3-6H2,1-2H3. The van der Waals surface area contributed by atoms with E-state index in [1.165, 1.54) is 12.8 Å². The highest BCUT2D eigenvalue weighted by Crippen LogP contribution is 2.69. The highest BCUT2D eigenvalue weighted by atomic mass is 32.2. The van der Waals surface area contributed by atoms with E-state index in [1.54, 1.807) is 0 Å². The summed E-state index contributed by atoms with van der Waals surface area (Å²) in [6, 6.07) is 0. The largest absolute Gasteiger partial charge is 0.616 e. The third kappa shape index (κ3) is 1.42. The minimum Gasteiger partial charge on any atom is -0.616 e. The number of epoxide rings is 1. The van der Waals surface area contributed by atoms with Gasteiger partial charge in [0.05, 0.1) is 12.2 Å². The number of ether oxygens (including phenoxy) is 1. The Kier molecular flexibility index (Phi) is 2.33. The highest BCUT2D eigenvalue weighted by Gasteiger charge is 2.68. The summed E-state index contributed by atoms with van der Waals surface area (Å²) in [6.45, 7) is 4.72. The van der Waals surface area contributed by atoms with E-state index in [0.717, 1.165) is 58.8 Å². The van der Waals surface area contributed by atoms with Crippen molar-refractivity contribution in [1.29, 1.82) is 0 Å². The Balaban J connectivity index is 1.47. The Hall–Kier alpha value is 0.270. The number of hydrogen-bond acceptors (Lipinski definition) is 2. The molecule has 19 heavy (non-hydrogen) atoms. The van der Waals surface area contributed by atoms with E-state index < -0.39 is 11.2 Å². The van der Waals surface area contributed by atoms with Gasteiger partial charge in [0, 0.05) is 11.8 Å². The Bertz CT molecular complexity index is 414. The predicted octanol–water partition coefficient (Wildman–Crippen LogP) is 2.31. The zero-order valence-electron chi connectivity index (χ0n) is 11.8.